The third kappa shape index (κ3) is 4.52. The average Bonchev–Trinajstić information content (AvgIpc) is 3.42. The highest BCUT2D eigenvalue weighted by atomic mass is 32.1. The summed E-state index contributed by atoms with van der Waals surface area (Å²) in [6, 6.07) is 16.1. The molecule has 2 aromatic heterocycles. The van der Waals surface area contributed by atoms with Gasteiger partial charge in [-0.2, -0.15) is 0 Å². The highest BCUT2D eigenvalue weighted by Gasteiger charge is 2.21. The number of methoxy groups -OCH3 is 1. The first-order valence-corrected chi connectivity index (χ1v) is 11.3. The minimum atomic E-state index is 0.649. The molecule has 0 unspecified atom stereocenters. The minimum absolute atomic E-state index is 0.649. The van der Waals surface area contributed by atoms with Crippen LogP contribution in [0.1, 0.15) is 47.0 Å². The van der Waals surface area contributed by atoms with Crippen LogP contribution in [0.25, 0.3) is 11.3 Å². The van der Waals surface area contributed by atoms with Crippen molar-refractivity contribution in [2.24, 2.45) is 0 Å². The number of ether oxygens (including phenoxy) is 1. The van der Waals surface area contributed by atoms with Crippen molar-refractivity contribution in [3.05, 3.63) is 81.9 Å². The molecule has 0 radical (unpaired) electrons. The van der Waals surface area contributed by atoms with Gasteiger partial charge in [-0.15, -0.1) is 16.4 Å². The van der Waals surface area contributed by atoms with Gasteiger partial charge < -0.3 is 4.74 Å². The topological polar surface area (TPSA) is 52.8 Å². The molecule has 5 rings (SSSR count). The molecule has 1 aliphatic carbocycles. The molecule has 4 aromatic rings. The molecule has 31 heavy (non-hydrogen) atoms. The van der Waals surface area contributed by atoms with Crippen LogP contribution < -0.4 is 4.74 Å². The summed E-state index contributed by atoms with van der Waals surface area (Å²) in [4.78, 5) is 4.69. The van der Waals surface area contributed by atoms with E-state index in [1.807, 2.05) is 53.3 Å². The van der Waals surface area contributed by atoms with E-state index < -0.39 is 0 Å². The lowest BCUT2D eigenvalue weighted by molar-refractivity contribution is 0.412. The highest BCUT2D eigenvalue weighted by molar-refractivity contribution is 7.10. The summed E-state index contributed by atoms with van der Waals surface area (Å²) in [6.07, 6.45) is 5.80. The summed E-state index contributed by atoms with van der Waals surface area (Å²) in [7, 11) is 1.67. The minimum Gasteiger partial charge on any atom is -0.497 e. The molecule has 154 valence electrons. The SMILES string of the molecule is COc1ccc(Cn2cc(-c3cccc(C#Cc4nc(C5CCC5)cs4)c3)nn2)cc1. The maximum absolute atomic E-state index is 5.21. The summed E-state index contributed by atoms with van der Waals surface area (Å²) in [6.45, 7) is 0.657. The first-order valence-electron chi connectivity index (χ1n) is 10.4. The third-order valence-corrected chi connectivity index (χ3v) is 6.34. The molecule has 0 saturated heterocycles. The Morgan fingerprint density at radius 1 is 1.13 bits per heavy atom. The van der Waals surface area contributed by atoms with Gasteiger partial charge >= 0.3 is 0 Å². The fraction of sp³-hybridized carbons (Fsp3) is 0.240. The van der Waals surface area contributed by atoms with Crippen LogP contribution in [0.3, 0.4) is 0 Å². The number of thiazole rings is 1. The zero-order valence-electron chi connectivity index (χ0n) is 17.3. The van der Waals surface area contributed by atoms with E-state index in [9.17, 15) is 0 Å². The standard InChI is InChI=1S/C25H22N4OS/c1-30-22-11-8-19(9-12-22)15-29-16-23(27-28-29)21-7-2-4-18(14-21)10-13-25-26-24(17-31-25)20-5-3-6-20/h2,4,7-9,11-12,14,16-17,20H,3,5-6,15H2,1H3. The fourth-order valence-corrected chi connectivity index (χ4v) is 4.29. The number of benzene rings is 2. The highest BCUT2D eigenvalue weighted by Crippen LogP contribution is 2.36. The van der Waals surface area contributed by atoms with Crippen molar-refractivity contribution in [1.29, 1.82) is 0 Å². The fourth-order valence-electron chi connectivity index (χ4n) is 3.54. The smallest absolute Gasteiger partial charge is 0.167 e. The molecular formula is C25H22N4OS. The van der Waals surface area contributed by atoms with Crippen molar-refractivity contribution in [1.82, 2.24) is 20.0 Å². The molecular weight excluding hydrogens is 404 g/mol. The van der Waals surface area contributed by atoms with Crippen LogP contribution in [0.4, 0.5) is 0 Å². The Morgan fingerprint density at radius 2 is 2.00 bits per heavy atom. The van der Waals surface area contributed by atoms with Gasteiger partial charge in [-0.25, -0.2) is 9.67 Å². The molecule has 6 heteroatoms. The summed E-state index contributed by atoms with van der Waals surface area (Å²) >= 11 is 1.64. The third-order valence-electron chi connectivity index (χ3n) is 5.56. The maximum Gasteiger partial charge on any atom is 0.167 e. The first kappa shape index (κ1) is 19.5. The Labute approximate surface area is 185 Å². The number of nitrogens with zero attached hydrogens (tertiary/aromatic N) is 4. The predicted octanol–water partition coefficient (Wildman–Crippen LogP) is 5.13. The van der Waals surface area contributed by atoms with E-state index in [0.29, 0.717) is 12.5 Å². The molecule has 2 aromatic carbocycles. The van der Waals surface area contributed by atoms with Crippen LogP contribution in [0.2, 0.25) is 0 Å². The molecule has 2 heterocycles. The normalized spacial score (nSPS) is 13.3. The molecule has 1 aliphatic rings. The van der Waals surface area contributed by atoms with E-state index in [4.69, 9.17) is 9.72 Å². The number of hydrogen-bond donors (Lipinski definition) is 0. The second kappa shape index (κ2) is 8.75. The van der Waals surface area contributed by atoms with E-state index in [1.165, 1.54) is 25.0 Å². The van der Waals surface area contributed by atoms with Gasteiger partial charge in [0, 0.05) is 22.4 Å². The molecule has 0 spiro atoms. The summed E-state index contributed by atoms with van der Waals surface area (Å²) in [5.41, 5.74) is 5.13. The van der Waals surface area contributed by atoms with E-state index >= 15 is 0 Å². The van der Waals surface area contributed by atoms with Crippen molar-refractivity contribution >= 4 is 11.3 Å². The van der Waals surface area contributed by atoms with Gasteiger partial charge in [0.1, 0.15) is 11.4 Å². The lowest BCUT2D eigenvalue weighted by atomic mass is 9.83. The van der Waals surface area contributed by atoms with Gasteiger partial charge in [-0.1, -0.05) is 41.8 Å². The molecule has 0 amide bonds. The van der Waals surface area contributed by atoms with E-state index in [2.05, 4.69) is 33.6 Å². The van der Waals surface area contributed by atoms with Crippen molar-refractivity contribution in [3.8, 4) is 28.8 Å². The molecule has 0 bridgehead atoms. The lowest BCUT2D eigenvalue weighted by Gasteiger charge is -2.22. The Bertz CT molecular complexity index is 1240. The van der Waals surface area contributed by atoms with Gasteiger partial charge in [0.25, 0.3) is 0 Å². The molecule has 0 aliphatic heterocycles. The monoisotopic (exact) mass is 426 g/mol. The number of aromatic nitrogens is 4. The molecule has 0 atom stereocenters. The molecule has 1 fully saturated rings. The van der Waals surface area contributed by atoms with Crippen LogP contribution in [-0.2, 0) is 6.54 Å². The second-order valence-corrected chi connectivity index (χ2v) is 8.54. The number of rotatable bonds is 5. The lowest BCUT2D eigenvalue weighted by Crippen LogP contribution is -2.08. The van der Waals surface area contributed by atoms with Gasteiger partial charge in [0.2, 0.25) is 0 Å². The second-order valence-electron chi connectivity index (χ2n) is 7.69. The van der Waals surface area contributed by atoms with E-state index in [1.54, 1.807) is 18.4 Å². The molecule has 1 saturated carbocycles. The Hall–Kier alpha value is -3.43. The quantitative estimate of drug-likeness (QED) is 0.415. The van der Waals surface area contributed by atoms with Crippen LogP contribution in [0.5, 0.6) is 5.75 Å². The van der Waals surface area contributed by atoms with E-state index in [-0.39, 0.29) is 0 Å². The van der Waals surface area contributed by atoms with Gasteiger partial charge in [0.05, 0.1) is 25.5 Å². The molecule has 0 N–H and O–H groups in total. The summed E-state index contributed by atoms with van der Waals surface area (Å²) in [5.74, 6) is 7.96. The summed E-state index contributed by atoms with van der Waals surface area (Å²) in [5, 5.41) is 11.7. The Balaban J connectivity index is 1.29. The van der Waals surface area contributed by atoms with Gasteiger partial charge in [-0.3, -0.25) is 0 Å². The van der Waals surface area contributed by atoms with Crippen LogP contribution in [0.15, 0.2) is 60.1 Å². The average molecular weight is 427 g/mol. The zero-order valence-corrected chi connectivity index (χ0v) is 18.1. The maximum atomic E-state index is 5.21. The van der Waals surface area contributed by atoms with Crippen LogP contribution in [0, 0.1) is 11.8 Å². The number of hydrogen-bond acceptors (Lipinski definition) is 5. The first-order chi connectivity index (χ1) is 15.3. The largest absolute Gasteiger partial charge is 0.497 e. The van der Waals surface area contributed by atoms with Crippen molar-refractivity contribution < 1.29 is 4.74 Å². The van der Waals surface area contributed by atoms with Crippen molar-refractivity contribution in [3.63, 3.8) is 0 Å². The predicted molar refractivity (Wildman–Crippen MR) is 122 cm³/mol. The van der Waals surface area contributed by atoms with Crippen LogP contribution in [-0.4, -0.2) is 27.1 Å². The van der Waals surface area contributed by atoms with Crippen molar-refractivity contribution in [2.45, 2.75) is 31.7 Å². The van der Waals surface area contributed by atoms with Gasteiger partial charge in [-0.05, 0) is 48.6 Å². The van der Waals surface area contributed by atoms with Gasteiger partial charge in [0.15, 0.2) is 5.01 Å². The zero-order chi connectivity index (χ0) is 21.0. The Morgan fingerprint density at radius 3 is 2.77 bits per heavy atom. The van der Waals surface area contributed by atoms with Crippen molar-refractivity contribution in [2.75, 3.05) is 7.11 Å². The van der Waals surface area contributed by atoms with Crippen LogP contribution >= 0.6 is 11.3 Å². The summed E-state index contributed by atoms with van der Waals surface area (Å²) < 4.78 is 7.05. The Kier molecular flexibility index (Phi) is 5.51. The van der Waals surface area contributed by atoms with E-state index in [0.717, 1.165) is 33.1 Å². The molecule has 5 nitrogen and oxygen atoms in total.